The first-order valence-electron chi connectivity index (χ1n) is 8.59. The van der Waals surface area contributed by atoms with Crippen molar-refractivity contribution in [2.45, 2.75) is 17.5 Å². The number of benzene rings is 3. The van der Waals surface area contributed by atoms with Crippen LogP contribution in [-0.2, 0) is 12.3 Å². The van der Waals surface area contributed by atoms with Gasteiger partial charge >= 0.3 is 0 Å². The van der Waals surface area contributed by atoms with E-state index in [9.17, 15) is 0 Å². The Kier molecular flexibility index (Phi) is 5.28. The SMILES string of the molecule is Clc1ccccc1CSC(Cn1ccnc1)c1ccc2ccccc2c1. The van der Waals surface area contributed by atoms with Crippen molar-refractivity contribution >= 4 is 34.1 Å². The zero-order valence-corrected chi connectivity index (χ0v) is 15.8. The lowest BCUT2D eigenvalue weighted by atomic mass is 10.0. The Morgan fingerprint density at radius 2 is 1.77 bits per heavy atom. The summed E-state index contributed by atoms with van der Waals surface area (Å²) in [4.78, 5) is 4.18. The third-order valence-corrected chi connectivity index (χ3v) is 6.15. The van der Waals surface area contributed by atoms with E-state index in [2.05, 4.69) is 58.1 Å². The summed E-state index contributed by atoms with van der Waals surface area (Å²) >= 11 is 8.26. The smallest absolute Gasteiger partial charge is 0.0946 e. The predicted octanol–water partition coefficient (Wildman–Crippen LogP) is 6.36. The van der Waals surface area contributed by atoms with E-state index in [4.69, 9.17) is 11.6 Å². The Balaban J connectivity index is 1.62. The molecule has 0 bridgehead atoms. The average molecular weight is 379 g/mol. The van der Waals surface area contributed by atoms with Crippen LogP contribution in [0.5, 0.6) is 0 Å². The molecule has 0 saturated heterocycles. The molecular weight excluding hydrogens is 360 g/mol. The zero-order chi connectivity index (χ0) is 17.8. The van der Waals surface area contributed by atoms with E-state index in [1.54, 1.807) is 0 Å². The summed E-state index contributed by atoms with van der Waals surface area (Å²) in [6.45, 7) is 0.882. The Morgan fingerprint density at radius 3 is 2.58 bits per heavy atom. The molecule has 2 nitrogen and oxygen atoms in total. The van der Waals surface area contributed by atoms with Crippen molar-refractivity contribution in [3.05, 3.63) is 102 Å². The fourth-order valence-electron chi connectivity index (χ4n) is 3.05. The second kappa shape index (κ2) is 7.98. The van der Waals surface area contributed by atoms with Crippen molar-refractivity contribution in [1.82, 2.24) is 9.55 Å². The molecule has 0 saturated carbocycles. The number of hydrogen-bond donors (Lipinski definition) is 0. The topological polar surface area (TPSA) is 17.8 Å². The van der Waals surface area contributed by atoms with E-state index in [0.29, 0.717) is 5.25 Å². The van der Waals surface area contributed by atoms with Crippen molar-refractivity contribution < 1.29 is 0 Å². The highest BCUT2D eigenvalue weighted by Crippen LogP contribution is 2.36. The lowest BCUT2D eigenvalue weighted by molar-refractivity contribution is 0.683. The molecule has 0 N–H and O–H groups in total. The molecule has 0 fully saturated rings. The highest BCUT2D eigenvalue weighted by Gasteiger charge is 2.15. The molecule has 0 radical (unpaired) electrons. The fourth-order valence-corrected chi connectivity index (χ4v) is 4.59. The molecule has 4 rings (SSSR count). The van der Waals surface area contributed by atoms with Gasteiger partial charge in [0, 0.05) is 35.0 Å². The molecule has 130 valence electrons. The van der Waals surface area contributed by atoms with Crippen molar-refractivity contribution in [2.75, 3.05) is 0 Å². The van der Waals surface area contributed by atoms with Crippen LogP contribution in [0.4, 0.5) is 0 Å². The number of halogens is 1. The van der Waals surface area contributed by atoms with Crippen molar-refractivity contribution in [1.29, 1.82) is 0 Å². The fraction of sp³-hybridized carbons (Fsp3) is 0.136. The van der Waals surface area contributed by atoms with Gasteiger partial charge in [0.1, 0.15) is 0 Å². The lowest BCUT2D eigenvalue weighted by Gasteiger charge is -2.19. The number of nitrogens with zero attached hydrogens (tertiary/aromatic N) is 2. The van der Waals surface area contributed by atoms with E-state index in [1.165, 1.54) is 21.9 Å². The third kappa shape index (κ3) is 3.95. The van der Waals surface area contributed by atoms with Gasteiger partial charge in [0.15, 0.2) is 0 Å². The molecule has 4 aromatic rings. The Hall–Kier alpha value is -2.23. The molecule has 0 aliphatic heterocycles. The van der Waals surface area contributed by atoms with Crippen molar-refractivity contribution in [3.63, 3.8) is 0 Å². The van der Waals surface area contributed by atoms with E-state index in [-0.39, 0.29) is 0 Å². The van der Waals surface area contributed by atoms with Gasteiger partial charge in [-0.15, -0.1) is 11.8 Å². The van der Waals surface area contributed by atoms with Gasteiger partial charge in [-0.2, -0.15) is 0 Å². The zero-order valence-electron chi connectivity index (χ0n) is 14.3. The van der Waals surface area contributed by atoms with Gasteiger partial charge in [-0.3, -0.25) is 0 Å². The van der Waals surface area contributed by atoms with Crippen molar-refractivity contribution in [2.24, 2.45) is 0 Å². The molecule has 0 spiro atoms. The molecule has 26 heavy (non-hydrogen) atoms. The third-order valence-electron chi connectivity index (χ3n) is 4.48. The number of aromatic nitrogens is 2. The molecule has 0 amide bonds. The average Bonchev–Trinajstić information content (AvgIpc) is 3.19. The highest BCUT2D eigenvalue weighted by molar-refractivity contribution is 7.98. The first-order chi connectivity index (χ1) is 12.8. The van der Waals surface area contributed by atoms with E-state index in [1.807, 2.05) is 48.7 Å². The largest absolute Gasteiger partial charge is 0.336 e. The molecule has 1 atom stereocenters. The van der Waals surface area contributed by atoms with Gasteiger partial charge in [-0.1, -0.05) is 66.2 Å². The molecule has 3 aromatic carbocycles. The Bertz CT molecular complexity index is 998. The Labute approximate surface area is 162 Å². The molecule has 0 aliphatic carbocycles. The number of thioether (sulfide) groups is 1. The van der Waals surface area contributed by atoms with Gasteiger partial charge in [-0.05, 0) is 34.0 Å². The van der Waals surface area contributed by atoms with Gasteiger partial charge in [0.05, 0.1) is 6.33 Å². The summed E-state index contributed by atoms with van der Waals surface area (Å²) in [5.74, 6) is 0.881. The maximum atomic E-state index is 6.35. The molecule has 1 aromatic heterocycles. The Morgan fingerprint density at radius 1 is 0.962 bits per heavy atom. The van der Waals surface area contributed by atoms with Crippen LogP contribution in [-0.4, -0.2) is 9.55 Å². The minimum absolute atomic E-state index is 0.324. The van der Waals surface area contributed by atoms with E-state index >= 15 is 0 Å². The summed E-state index contributed by atoms with van der Waals surface area (Å²) in [7, 11) is 0. The van der Waals surface area contributed by atoms with Gasteiger partial charge < -0.3 is 4.57 Å². The standard InChI is InChI=1S/C22H19ClN2S/c23-21-8-4-3-7-20(21)15-26-22(14-25-12-11-24-16-25)19-10-9-17-5-1-2-6-18(17)13-19/h1-13,16,22H,14-15H2. The van der Waals surface area contributed by atoms with Gasteiger partial charge in [0.25, 0.3) is 0 Å². The maximum absolute atomic E-state index is 6.35. The van der Waals surface area contributed by atoms with Crippen LogP contribution in [0.25, 0.3) is 10.8 Å². The van der Waals surface area contributed by atoms with Gasteiger partial charge in [-0.25, -0.2) is 4.98 Å². The molecule has 4 heteroatoms. The van der Waals surface area contributed by atoms with E-state index < -0.39 is 0 Å². The first-order valence-corrected chi connectivity index (χ1v) is 10.0. The lowest BCUT2D eigenvalue weighted by Crippen LogP contribution is -2.05. The number of hydrogen-bond acceptors (Lipinski definition) is 2. The minimum Gasteiger partial charge on any atom is -0.336 e. The second-order valence-corrected chi connectivity index (χ2v) is 7.86. The van der Waals surface area contributed by atoms with Crippen LogP contribution in [0, 0.1) is 0 Å². The second-order valence-electron chi connectivity index (χ2n) is 6.26. The van der Waals surface area contributed by atoms with Crippen LogP contribution in [0.15, 0.2) is 85.5 Å². The van der Waals surface area contributed by atoms with E-state index in [0.717, 1.165) is 17.3 Å². The molecular formula is C22H19ClN2S. The van der Waals surface area contributed by atoms with Crippen LogP contribution >= 0.6 is 23.4 Å². The monoisotopic (exact) mass is 378 g/mol. The maximum Gasteiger partial charge on any atom is 0.0946 e. The molecule has 1 heterocycles. The normalized spacial score (nSPS) is 12.3. The molecule has 0 aliphatic rings. The summed E-state index contributed by atoms with van der Waals surface area (Å²) in [5.41, 5.74) is 2.50. The predicted molar refractivity (Wildman–Crippen MR) is 112 cm³/mol. The number of imidazole rings is 1. The minimum atomic E-state index is 0.324. The summed E-state index contributed by atoms with van der Waals surface area (Å²) in [5, 5.41) is 3.71. The summed E-state index contributed by atoms with van der Waals surface area (Å²) < 4.78 is 2.14. The van der Waals surface area contributed by atoms with Crippen LogP contribution in [0.3, 0.4) is 0 Å². The molecule has 1 unspecified atom stereocenters. The van der Waals surface area contributed by atoms with Crippen LogP contribution in [0.2, 0.25) is 5.02 Å². The highest BCUT2D eigenvalue weighted by atomic mass is 35.5. The quantitative estimate of drug-likeness (QED) is 0.388. The van der Waals surface area contributed by atoms with Crippen molar-refractivity contribution in [3.8, 4) is 0 Å². The van der Waals surface area contributed by atoms with Crippen LogP contribution < -0.4 is 0 Å². The number of fused-ring (bicyclic) bond motifs is 1. The van der Waals surface area contributed by atoms with Gasteiger partial charge in [0.2, 0.25) is 0 Å². The van der Waals surface area contributed by atoms with Crippen LogP contribution in [0.1, 0.15) is 16.4 Å². The number of rotatable bonds is 6. The summed E-state index contributed by atoms with van der Waals surface area (Å²) in [6, 6.07) is 23.3. The summed E-state index contributed by atoms with van der Waals surface area (Å²) in [6.07, 6.45) is 5.73. The first kappa shape index (κ1) is 17.2.